The number of hydrogen-bond donors (Lipinski definition) is 0. The highest BCUT2D eigenvalue weighted by molar-refractivity contribution is 7.22. The van der Waals surface area contributed by atoms with E-state index in [0.29, 0.717) is 10.0 Å². The van der Waals surface area contributed by atoms with Crippen LogP contribution in [0.1, 0.15) is 0 Å². The Bertz CT molecular complexity index is 454. The molecule has 0 atom stereocenters. The highest BCUT2D eigenvalue weighted by Crippen LogP contribution is 2.11. The third-order valence-electron chi connectivity index (χ3n) is 2.36. The van der Waals surface area contributed by atoms with Gasteiger partial charge in [0.1, 0.15) is 0 Å². The van der Waals surface area contributed by atoms with Crippen LogP contribution in [0.4, 0.5) is 0 Å². The second-order valence-electron chi connectivity index (χ2n) is 3.41. The van der Waals surface area contributed by atoms with Crippen molar-refractivity contribution in [3.05, 3.63) is 58.6 Å². The fraction of sp³-hybridized carbons (Fsp3) is 0. The Morgan fingerprint density at radius 2 is 1.06 bits per heavy atom. The third kappa shape index (κ3) is 2.37. The molecule has 0 spiro atoms. The fourth-order valence-electron chi connectivity index (χ4n) is 1.53. The van der Waals surface area contributed by atoms with E-state index in [2.05, 4.69) is 0 Å². The van der Waals surface area contributed by atoms with E-state index in [1.54, 1.807) is 0 Å². The van der Waals surface area contributed by atoms with Gasteiger partial charge in [0.05, 0.1) is 0 Å². The Kier molecular flexibility index (Phi) is 3.80. The zero-order valence-corrected chi connectivity index (χ0v) is 10.6. The van der Waals surface area contributed by atoms with E-state index in [1.807, 2.05) is 48.5 Å². The van der Waals surface area contributed by atoms with Crippen LogP contribution in [0, 0.1) is 0 Å². The highest BCUT2D eigenvalue weighted by Gasteiger charge is 2.20. The van der Waals surface area contributed by atoms with Gasteiger partial charge in [-0.3, -0.25) is 0 Å². The van der Waals surface area contributed by atoms with Crippen LogP contribution in [0.25, 0.3) is 0 Å². The standard InChI is InChI=1S/C12H8BCl3/c14-11-7-3-1-5-9(11)13(16)10-6-2-4-8-12(10)15/h1-8H. The van der Waals surface area contributed by atoms with Crippen LogP contribution in [0.15, 0.2) is 48.5 Å². The van der Waals surface area contributed by atoms with Gasteiger partial charge in [-0.05, 0) is 23.1 Å². The van der Waals surface area contributed by atoms with Gasteiger partial charge in [0, 0.05) is 10.0 Å². The van der Waals surface area contributed by atoms with Gasteiger partial charge in [0.15, 0.2) is 0 Å². The molecule has 0 aliphatic rings. The van der Waals surface area contributed by atoms with E-state index in [1.165, 1.54) is 0 Å². The molecule has 4 heteroatoms. The van der Waals surface area contributed by atoms with Gasteiger partial charge in [-0.15, -0.1) is 0 Å². The van der Waals surface area contributed by atoms with Crippen molar-refractivity contribution in [1.29, 1.82) is 0 Å². The first-order chi connectivity index (χ1) is 7.70. The maximum absolute atomic E-state index is 6.37. The summed E-state index contributed by atoms with van der Waals surface area (Å²) >= 11 is 18.6. The molecular formula is C12H8BCl3. The lowest BCUT2D eigenvalue weighted by atomic mass is 9.62. The topological polar surface area (TPSA) is 0 Å². The summed E-state index contributed by atoms with van der Waals surface area (Å²) in [6, 6.07) is 15.0. The molecule has 0 amide bonds. The molecule has 0 radical (unpaired) electrons. The molecule has 16 heavy (non-hydrogen) atoms. The van der Waals surface area contributed by atoms with E-state index in [0.717, 1.165) is 10.9 Å². The molecule has 0 saturated heterocycles. The summed E-state index contributed by atoms with van der Waals surface area (Å²) in [4.78, 5) is 0. The van der Waals surface area contributed by atoms with Crippen LogP contribution in [0.2, 0.25) is 10.0 Å². The van der Waals surface area contributed by atoms with Crippen molar-refractivity contribution in [2.75, 3.05) is 0 Å². The smallest absolute Gasteiger partial charge is 0.182 e. The highest BCUT2D eigenvalue weighted by atomic mass is 35.5. The molecule has 0 nitrogen and oxygen atoms in total. The van der Waals surface area contributed by atoms with Gasteiger partial charge in [-0.25, -0.2) is 0 Å². The van der Waals surface area contributed by atoms with Crippen molar-refractivity contribution < 1.29 is 0 Å². The fourth-order valence-corrected chi connectivity index (χ4v) is 2.51. The lowest BCUT2D eigenvalue weighted by Crippen LogP contribution is -2.38. The van der Waals surface area contributed by atoms with Gasteiger partial charge in [0.2, 0.25) is 0 Å². The molecule has 0 aromatic heterocycles. The van der Waals surface area contributed by atoms with Crippen molar-refractivity contribution in [2.45, 2.75) is 0 Å². The van der Waals surface area contributed by atoms with Crippen LogP contribution in [0.5, 0.6) is 0 Å². The number of halogens is 3. The average Bonchev–Trinajstić information content (AvgIpc) is 2.29. The molecule has 2 aromatic carbocycles. The molecule has 2 rings (SSSR count). The number of rotatable bonds is 2. The van der Waals surface area contributed by atoms with Crippen LogP contribution < -0.4 is 10.9 Å². The van der Waals surface area contributed by atoms with Gasteiger partial charge in [0.25, 0.3) is 0 Å². The van der Waals surface area contributed by atoms with Gasteiger partial charge in [-0.2, -0.15) is 11.5 Å². The van der Waals surface area contributed by atoms with Crippen LogP contribution in [0.3, 0.4) is 0 Å². The van der Waals surface area contributed by atoms with Gasteiger partial charge in [-0.1, -0.05) is 59.6 Å². The molecule has 0 heterocycles. The van der Waals surface area contributed by atoms with E-state index >= 15 is 0 Å². The van der Waals surface area contributed by atoms with Crippen LogP contribution in [-0.2, 0) is 0 Å². The average molecular weight is 269 g/mol. The van der Waals surface area contributed by atoms with E-state index in [4.69, 9.17) is 34.7 Å². The molecule has 0 aliphatic carbocycles. The second-order valence-corrected chi connectivity index (χ2v) is 4.66. The Labute approximate surface area is 110 Å². The molecular weight excluding hydrogens is 261 g/mol. The van der Waals surface area contributed by atoms with E-state index in [9.17, 15) is 0 Å². The third-order valence-corrected chi connectivity index (χ3v) is 3.52. The summed E-state index contributed by atoms with van der Waals surface area (Å²) in [5.74, 6) is 0. The van der Waals surface area contributed by atoms with Crippen LogP contribution in [-0.4, -0.2) is 6.13 Å². The van der Waals surface area contributed by atoms with Crippen molar-refractivity contribution in [3.8, 4) is 0 Å². The predicted octanol–water partition coefficient (Wildman–Crippen LogP) is 3.34. The zero-order chi connectivity index (χ0) is 11.5. The van der Waals surface area contributed by atoms with E-state index < -0.39 is 0 Å². The zero-order valence-electron chi connectivity index (χ0n) is 8.33. The summed E-state index contributed by atoms with van der Waals surface area (Å²) in [5.41, 5.74) is 1.75. The molecule has 0 unspecified atom stereocenters. The molecule has 2 aromatic rings. The molecule has 0 aliphatic heterocycles. The van der Waals surface area contributed by atoms with Gasteiger partial charge >= 0.3 is 6.13 Å². The Hall–Kier alpha value is -0.625. The predicted molar refractivity (Wildman–Crippen MR) is 73.8 cm³/mol. The number of benzene rings is 2. The maximum atomic E-state index is 6.37. The van der Waals surface area contributed by atoms with Gasteiger partial charge < -0.3 is 0 Å². The second kappa shape index (κ2) is 5.14. The summed E-state index contributed by atoms with van der Waals surface area (Å²) in [6.45, 7) is 0. The minimum Gasteiger partial charge on any atom is -0.182 e. The van der Waals surface area contributed by atoms with Crippen molar-refractivity contribution in [2.24, 2.45) is 0 Å². The number of hydrogen-bond acceptors (Lipinski definition) is 0. The Morgan fingerprint density at radius 3 is 1.44 bits per heavy atom. The monoisotopic (exact) mass is 268 g/mol. The van der Waals surface area contributed by atoms with Crippen LogP contribution >= 0.6 is 34.7 Å². The first-order valence-corrected chi connectivity index (χ1v) is 6.02. The summed E-state index contributed by atoms with van der Waals surface area (Å²) in [6.07, 6.45) is -0.317. The summed E-state index contributed by atoms with van der Waals surface area (Å²) in [5, 5.41) is 1.31. The van der Waals surface area contributed by atoms with Crippen molar-refractivity contribution in [1.82, 2.24) is 0 Å². The Balaban J connectivity index is 2.44. The molecule has 0 bridgehead atoms. The van der Waals surface area contributed by atoms with E-state index in [-0.39, 0.29) is 6.13 Å². The first kappa shape index (κ1) is 11.8. The summed E-state index contributed by atoms with van der Waals surface area (Å²) in [7, 11) is 0. The lowest BCUT2D eigenvalue weighted by molar-refractivity contribution is 1.74. The lowest BCUT2D eigenvalue weighted by Gasteiger charge is -2.10. The minimum absolute atomic E-state index is 0.317. The maximum Gasteiger partial charge on any atom is 0.318 e. The minimum atomic E-state index is -0.317. The quantitative estimate of drug-likeness (QED) is 0.734. The van der Waals surface area contributed by atoms with Crippen molar-refractivity contribution in [3.63, 3.8) is 0 Å². The molecule has 0 fully saturated rings. The largest absolute Gasteiger partial charge is 0.318 e. The van der Waals surface area contributed by atoms with Crippen molar-refractivity contribution >= 4 is 51.7 Å². The first-order valence-electron chi connectivity index (χ1n) is 4.83. The normalized spacial score (nSPS) is 10.2. The molecule has 0 saturated carbocycles. The Morgan fingerprint density at radius 1 is 0.688 bits per heavy atom. The SMILES string of the molecule is ClB(c1ccccc1Cl)c1ccccc1Cl. The molecule has 0 N–H and O–H groups in total. The molecule has 80 valence electrons. The summed E-state index contributed by atoms with van der Waals surface area (Å²) < 4.78 is 0.